The van der Waals surface area contributed by atoms with E-state index in [1.165, 1.54) is 0 Å². The van der Waals surface area contributed by atoms with E-state index in [0.717, 1.165) is 5.56 Å². The average molecular weight is 300 g/mol. The van der Waals surface area contributed by atoms with Gasteiger partial charge in [0.15, 0.2) is 0 Å². The Kier molecular flexibility index (Phi) is 4.99. The largest absolute Gasteiger partial charge is 0.384 e. The summed E-state index contributed by atoms with van der Waals surface area (Å²) in [6, 6.07) is 12.4. The van der Waals surface area contributed by atoms with Gasteiger partial charge in [0.1, 0.15) is 6.61 Å². The van der Waals surface area contributed by atoms with Gasteiger partial charge in [0.2, 0.25) is 0 Å². The fraction of sp³-hybridized carbons (Fsp3) is 0.118. The number of aliphatic hydroxyl groups is 1. The minimum Gasteiger partial charge on any atom is -0.384 e. The van der Waals surface area contributed by atoms with Crippen LogP contribution in [0.25, 0.3) is 0 Å². The fourth-order valence-corrected chi connectivity index (χ4v) is 2.05. The number of hydrogen-bond acceptors (Lipinski definition) is 2. The van der Waals surface area contributed by atoms with Gasteiger partial charge in [-0.05, 0) is 36.8 Å². The number of aliphatic hydroxyl groups excluding tert-OH is 1. The molecule has 0 radical (unpaired) electrons. The van der Waals surface area contributed by atoms with Crippen LogP contribution < -0.4 is 5.32 Å². The average Bonchev–Trinajstić information content (AvgIpc) is 2.47. The normalized spacial score (nSPS) is 9.67. The molecule has 0 bridgehead atoms. The lowest BCUT2D eigenvalue weighted by Crippen LogP contribution is -2.14. The van der Waals surface area contributed by atoms with E-state index in [0.29, 0.717) is 21.8 Å². The van der Waals surface area contributed by atoms with Crippen molar-refractivity contribution in [2.45, 2.75) is 6.92 Å². The number of carbonyl (C=O) groups is 1. The van der Waals surface area contributed by atoms with Gasteiger partial charge >= 0.3 is 0 Å². The van der Waals surface area contributed by atoms with E-state index in [1.807, 2.05) is 25.1 Å². The zero-order chi connectivity index (χ0) is 15.2. The molecule has 0 aliphatic heterocycles. The van der Waals surface area contributed by atoms with Crippen LogP contribution in [-0.2, 0) is 0 Å². The summed E-state index contributed by atoms with van der Waals surface area (Å²) in [5.74, 6) is 5.12. The summed E-state index contributed by atoms with van der Waals surface area (Å²) < 4.78 is 0. The summed E-state index contributed by atoms with van der Waals surface area (Å²) >= 11 is 5.93. The van der Waals surface area contributed by atoms with Crippen molar-refractivity contribution in [3.05, 3.63) is 64.2 Å². The second-order valence-electron chi connectivity index (χ2n) is 4.42. The third-order valence-electron chi connectivity index (χ3n) is 2.92. The van der Waals surface area contributed by atoms with Crippen molar-refractivity contribution in [2.24, 2.45) is 0 Å². The maximum absolute atomic E-state index is 12.3. The highest BCUT2D eigenvalue weighted by Crippen LogP contribution is 2.21. The van der Waals surface area contributed by atoms with Crippen LogP contribution in [0.5, 0.6) is 0 Å². The van der Waals surface area contributed by atoms with Gasteiger partial charge in [0.05, 0.1) is 5.69 Å². The molecule has 2 aromatic rings. The quantitative estimate of drug-likeness (QED) is 0.836. The standard InChI is InChI=1S/C17H14ClNO2/c1-12-5-2-3-7-15(12)17(21)19-16-9-8-14(18)11-13(16)6-4-10-20/h2-3,5,7-9,11,20H,10H2,1H3,(H,19,21). The Balaban J connectivity index is 2.31. The summed E-state index contributed by atoms with van der Waals surface area (Å²) in [5, 5.41) is 12.1. The molecule has 0 saturated carbocycles. The molecular weight excluding hydrogens is 286 g/mol. The summed E-state index contributed by atoms with van der Waals surface area (Å²) in [6.45, 7) is 1.63. The van der Waals surface area contributed by atoms with Crippen LogP contribution in [0.4, 0.5) is 5.69 Å². The Labute approximate surface area is 128 Å². The molecule has 2 aromatic carbocycles. The highest BCUT2D eigenvalue weighted by atomic mass is 35.5. The number of carbonyl (C=O) groups excluding carboxylic acids is 1. The molecule has 0 saturated heterocycles. The van der Waals surface area contributed by atoms with Crippen LogP contribution in [0.1, 0.15) is 21.5 Å². The monoisotopic (exact) mass is 299 g/mol. The molecule has 0 aliphatic carbocycles. The van der Waals surface area contributed by atoms with E-state index in [2.05, 4.69) is 17.2 Å². The SMILES string of the molecule is Cc1ccccc1C(=O)Nc1ccc(Cl)cc1C#CCO. The fourth-order valence-electron chi connectivity index (χ4n) is 1.88. The van der Waals surface area contributed by atoms with Crippen molar-refractivity contribution in [2.75, 3.05) is 11.9 Å². The van der Waals surface area contributed by atoms with Crippen molar-refractivity contribution in [3.63, 3.8) is 0 Å². The molecule has 0 unspecified atom stereocenters. The van der Waals surface area contributed by atoms with E-state index >= 15 is 0 Å². The van der Waals surface area contributed by atoms with Gasteiger partial charge in [-0.3, -0.25) is 4.79 Å². The van der Waals surface area contributed by atoms with E-state index in [9.17, 15) is 4.79 Å². The molecule has 0 aromatic heterocycles. The topological polar surface area (TPSA) is 49.3 Å². The Morgan fingerprint density at radius 3 is 2.76 bits per heavy atom. The van der Waals surface area contributed by atoms with Crippen molar-refractivity contribution >= 4 is 23.2 Å². The lowest BCUT2D eigenvalue weighted by atomic mass is 10.1. The van der Waals surface area contributed by atoms with Crippen molar-refractivity contribution in [3.8, 4) is 11.8 Å². The zero-order valence-electron chi connectivity index (χ0n) is 11.5. The highest BCUT2D eigenvalue weighted by Gasteiger charge is 2.10. The van der Waals surface area contributed by atoms with Gasteiger partial charge in [-0.25, -0.2) is 0 Å². The van der Waals surface area contributed by atoms with Crippen LogP contribution in [0.2, 0.25) is 5.02 Å². The molecule has 4 heteroatoms. The van der Waals surface area contributed by atoms with Crippen LogP contribution in [0.15, 0.2) is 42.5 Å². The third-order valence-corrected chi connectivity index (χ3v) is 3.16. The maximum Gasteiger partial charge on any atom is 0.255 e. The maximum atomic E-state index is 12.3. The van der Waals surface area contributed by atoms with Crippen molar-refractivity contribution < 1.29 is 9.90 Å². The number of benzene rings is 2. The number of nitrogens with one attached hydrogen (secondary N) is 1. The van der Waals surface area contributed by atoms with Crippen LogP contribution in [-0.4, -0.2) is 17.6 Å². The third kappa shape index (κ3) is 3.85. The minimum atomic E-state index is -0.252. The number of amides is 1. The number of aryl methyl sites for hydroxylation is 1. The van der Waals surface area contributed by atoms with Crippen molar-refractivity contribution in [1.82, 2.24) is 0 Å². The lowest BCUT2D eigenvalue weighted by molar-refractivity contribution is 0.102. The van der Waals surface area contributed by atoms with Crippen LogP contribution in [0.3, 0.4) is 0 Å². The first-order chi connectivity index (χ1) is 10.1. The van der Waals surface area contributed by atoms with Gasteiger partial charge in [-0.15, -0.1) is 0 Å². The first kappa shape index (κ1) is 15.1. The van der Waals surface area contributed by atoms with E-state index < -0.39 is 0 Å². The van der Waals surface area contributed by atoms with Crippen LogP contribution >= 0.6 is 11.6 Å². The number of anilines is 1. The Morgan fingerprint density at radius 2 is 2.05 bits per heavy atom. The van der Waals surface area contributed by atoms with Gasteiger partial charge in [0.25, 0.3) is 5.91 Å². The molecule has 0 atom stereocenters. The second kappa shape index (κ2) is 6.94. The number of hydrogen-bond donors (Lipinski definition) is 2. The van der Waals surface area contributed by atoms with Gasteiger partial charge in [-0.1, -0.05) is 41.6 Å². The summed E-state index contributed by atoms with van der Waals surface area (Å²) in [7, 11) is 0. The molecule has 0 aliphatic rings. The van der Waals surface area contributed by atoms with E-state index in [4.69, 9.17) is 16.7 Å². The minimum absolute atomic E-state index is 0.206. The Bertz CT molecular complexity index is 729. The molecule has 2 N–H and O–H groups in total. The molecule has 0 spiro atoms. The molecule has 0 heterocycles. The number of rotatable bonds is 2. The molecule has 1 amide bonds. The van der Waals surface area contributed by atoms with E-state index in [-0.39, 0.29) is 12.5 Å². The molecule has 3 nitrogen and oxygen atoms in total. The molecule has 2 rings (SSSR count). The molecule has 106 valence electrons. The first-order valence-electron chi connectivity index (χ1n) is 6.38. The number of halogens is 1. The van der Waals surface area contributed by atoms with Gasteiger partial charge in [0, 0.05) is 16.1 Å². The summed E-state index contributed by atoms with van der Waals surface area (Å²) in [6.07, 6.45) is 0. The summed E-state index contributed by atoms with van der Waals surface area (Å²) in [4.78, 5) is 12.3. The Morgan fingerprint density at radius 1 is 1.29 bits per heavy atom. The molecule has 0 fully saturated rings. The second-order valence-corrected chi connectivity index (χ2v) is 4.86. The lowest BCUT2D eigenvalue weighted by Gasteiger charge is -2.09. The molecule has 21 heavy (non-hydrogen) atoms. The van der Waals surface area contributed by atoms with E-state index in [1.54, 1.807) is 24.3 Å². The highest BCUT2D eigenvalue weighted by molar-refractivity contribution is 6.30. The smallest absolute Gasteiger partial charge is 0.255 e. The first-order valence-corrected chi connectivity index (χ1v) is 6.76. The van der Waals surface area contributed by atoms with Gasteiger partial charge in [-0.2, -0.15) is 0 Å². The van der Waals surface area contributed by atoms with Gasteiger partial charge < -0.3 is 10.4 Å². The zero-order valence-corrected chi connectivity index (χ0v) is 12.2. The summed E-state index contributed by atoms with van der Waals surface area (Å²) in [5.41, 5.74) is 2.63. The predicted molar refractivity (Wildman–Crippen MR) is 84.5 cm³/mol. The van der Waals surface area contributed by atoms with Crippen LogP contribution in [0, 0.1) is 18.8 Å². The Hall–Kier alpha value is -2.28. The molecular formula is C17H14ClNO2. The predicted octanol–water partition coefficient (Wildman–Crippen LogP) is 3.24. The van der Waals surface area contributed by atoms with Crippen molar-refractivity contribution in [1.29, 1.82) is 0 Å².